The molecule has 1 aromatic heterocycles. The first-order valence-corrected chi connectivity index (χ1v) is 7.56. The topological polar surface area (TPSA) is 60.6 Å². The number of benzene rings is 1. The first-order valence-electron chi connectivity index (χ1n) is 7.56. The first kappa shape index (κ1) is 15.0. The van der Waals surface area contributed by atoms with Crippen molar-refractivity contribution in [2.45, 2.75) is 26.1 Å². The third-order valence-corrected chi connectivity index (χ3v) is 3.57. The minimum atomic E-state index is -0.165. The van der Waals surface area contributed by atoms with Gasteiger partial charge in [0, 0.05) is 26.6 Å². The Balaban J connectivity index is 1.52. The van der Waals surface area contributed by atoms with Crippen LogP contribution in [0.25, 0.3) is 0 Å². The van der Waals surface area contributed by atoms with Crippen LogP contribution in [0, 0.1) is 6.92 Å². The number of nitrogens with zero attached hydrogens (tertiary/aromatic N) is 3. The second-order valence-electron chi connectivity index (χ2n) is 5.52. The maximum Gasteiger partial charge on any atom is 0.246 e. The fourth-order valence-corrected chi connectivity index (χ4v) is 2.61. The third-order valence-electron chi connectivity index (χ3n) is 3.57. The van der Waals surface area contributed by atoms with Crippen LogP contribution in [-0.4, -0.2) is 47.4 Å². The summed E-state index contributed by atoms with van der Waals surface area (Å²) in [6, 6.07) is 9.85. The summed E-state index contributed by atoms with van der Waals surface area (Å²) in [5.74, 6) is 2.02. The number of morpholine rings is 1. The van der Waals surface area contributed by atoms with E-state index >= 15 is 0 Å². The van der Waals surface area contributed by atoms with Gasteiger partial charge in [-0.1, -0.05) is 18.2 Å². The highest BCUT2D eigenvalue weighted by Gasteiger charge is 2.29. The molecule has 22 heavy (non-hydrogen) atoms. The van der Waals surface area contributed by atoms with Gasteiger partial charge in [-0.3, -0.25) is 4.90 Å². The molecule has 0 radical (unpaired) electrons. The van der Waals surface area contributed by atoms with Crippen molar-refractivity contribution < 1.29 is 13.9 Å². The lowest BCUT2D eigenvalue weighted by atomic mass is 10.2. The van der Waals surface area contributed by atoms with Gasteiger partial charge >= 0.3 is 0 Å². The van der Waals surface area contributed by atoms with Crippen LogP contribution in [0.1, 0.15) is 24.8 Å². The average molecular weight is 303 g/mol. The molecule has 0 bridgehead atoms. The number of rotatable bonds is 5. The Morgan fingerprint density at radius 2 is 2.05 bits per heavy atom. The number of hydrogen-bond acceptors (Lipinski definition) is 6. The number of aromatic nitrogens is 2. The Hall–Kier alpha value is -1.92. The zero-order valence-corrected chi connectivity index (χ0v) is 12.9. The van der Waals surface area contributed by atoms with Crippen LogP contribution in [0.5, 0.6) is 5.75 Å². The molecule has 118 valence electrons. The summed E-state index contributed by atoms with van der Waals surface area (Å²) >= 11 is 0. The van der Waals surface area contributed by atoms with Crippen molar-refractivity contribution in [2.24, 2.45) is 0 Å². The molecular formula is C16H21N3O3. The largest absolute Gasteiger partial charge is 0.492 e. The van der Waals surface area contributed by atoms with Crippen molar-refractivity contribution in [3.05, 3.63) is 42.1 Å². The van der Waals surface area contributed by atoms with Crippen LogP contribution >= 0.6 is 0 Å². The van der Waals surface area contributed by atoms with Gasteiger partial charge < -0.3 is 13.9 Å². The van der Waals surface area contributed by atoms with Gasteiger partial charge in [-0.25, -0.2) is 0 Å². The van der Waals surface area contributed by atoms with E-state index in [1.807, 2.05) is 30.3 Å². The smallest absolute Gasteiger partial charge is 0.246 e. The lowest BCUT2D eigenvalue weighted by Crippen LogP contribution is -2.44. The summed E-state index contributed by atoms with van der Waals surface area (Å²) < 4.78 is 17.1. The summed E-state index contributed by atoms with van der Waals surface area (Å²) in [5, 5.41) is 7.94. The van der Waals surface area contributed by atoms with E-state index in [0.717, 1.165) is 25.4 Å². The molecule has 1 fully saturated rings. The normalized spacial score (nSPS) is 22.6. The van der Waals surface area contributed by atoms with Crippen molar-refractivity contribution in [3.63, 3.8) is 0 Å². The van der Waals surface area contributed by atoms with E-state index in [2.05, 4.69) is 22.0 Å². The summed E-state index contributed by atoms with van der Waals surface area (Å²) in [6.45, 7) is 6.94. The van der Waals surface area contributed by atoms with Crippen LogP contribution in [0.3, 0.4) is 0 Å². The average Bonchev–Trinajstić information content (AvgIpc) is 2.94. The summed E-state index contributed by atoms with van der Waals surface area (Å²) in [6.07, 6.45) is -0.0376. The Bertz CT molecular complexity index is 587. The first-order chi connectivity index (χ1) is 10.7. The van der Waals surface area contributed by atoms with E-state index < -0.39 is 0 Å². The van der Waals surface area contributed by atoms with E-state index in [-0.39, 0.29) is 12.2 Å². The van der Waals surface area contributed by atoms with Gasteiger partial charge in [-0.05, 0) is 19.1 Å². The van der Waals surface area contributed by atoms with Crippen LogP contribution < -0.4 is 4.74 Å². The molecule has 6 heteroatoms. The quantitative estimate of drug-likeness (QED) is 0.844. The Morgan fingerprint density at radius 3 is 2.77 bits per heavy atom. The van der Waals surface area contributed by atoms with Crippen molar-refractivity contribution in [2.75, 3.05) is 26.2 Å². The molecule has 1 aromatic carbocycles. The molecule has 0 saturated carbocycles. The second-order valence-corrected chi connectivity index (χ2v) is 5.52. The fourth-order valence-electron chi connectivity index (χ4n) is 2.61. The molecule has 3 rings (SSSR count). The van der Waals surface area contributed by atoms with E-state index in [1.54, 1.807) is 6.92 Å². The van der Waals surface area contributed by atoms with E-state index in [1.165, 1.54) is 0 Å². The van der Waals surface area contributed by atoms with Gasteiger partial charge in [-0.15, -0.1) is 10.2 Å². The Labute approximate surface area is 130 Å². The summed E-state index contributed by atoms with van der Waals surface area (Å²) in [4.78, 5) is 2.31. The molecule has 2 atom stereocenters. The zero-order valence-electron chi connectivity index (χ0n) is 12.9. The van der Waals surface area contributed by atoms with Gasteiger partial charge in [0.05, 0.1) is 6.10 Å². The third kappa shape index (κ3) is 3.84. The molecule has 2 aromatic rings. The number of ether oxygens (including phenoxy) is 2. The van der Waals surface area contributed by atoms with Crippen molar-refractivity contribution in [1.82, 2.24) is 15.1 Å². The van der Waals surface area contributed by atoms with Crippen LogP contribution in [-0.2, 0) is 4.74 Å². The molecule has 6 nitrogen and oxygen atoms in total. The SMILES string of the molecule is Cc1nnc([C@H]2CN(CCOc3ccccc3)C[C@@H](C)O2)o1. The molecule has 0 aliphatic carbocycles. The highest BCUT2D eigenvalue weighted by atomic mass is 16.5. The molecule has 1 aliphatic heterocycles. The van der Waals surface area contributed by atoms with Gasteiger partial charge in [0.2, 0.25) is 11.8 Å². The number of aryl methyl sites for hydroxylation is 1. The van der Waals surface area contributed by atoms with Crippen molar-refractivity contribution >= 4 is 0 Å². The lowest BCUT2D eigenvalue weighted by molar-refractivity contribution is -0.0910. The van der Waals surface area contributed by atoms with Crippen LogP contribution in [0.15, 0.2) is 34.7 Å². The maximum absolute atomic E-state index is 5.90. The standard InChI is InChI=1S/C16H21N3O3/c1-12-10-19(8-9-20-14-6-4-3-5-7-14)11-15(21-12)16-18-17-13(2)22-16/h3-7,12,15H,8-11H2,1-2H3/t12-,15-/m1/s1. The van der Waals surface area contributed by atoms with Crippen molar-refractivity contribution in [3.8, 4) is 5.75 Å². The predicted molar refractivity (Wildman–Crippen MR) is 80.7 cm³/mol. The zero-order chi connectivity index (χ0) is 15.4. The van der Waals surface area contributed by atoms with Gasteiger partial charge in [0.1, 0.15) is 18.5 Å². The van der Waals surface area contributed by atoms with Gasteiger partial charge in [0.25, 0.3) is 0 Å². The minimum absolute atomic E-state index is 0.127. The Morgan fingerprint density at radius 1 is 1.23 bits per heavy atom. The predicted octanol–water partition coefficient (Wildman–Crippen LogP) is 2.22. The number of para-hydroxylation sites is 1. The summed E-state index contributed by atoms with van der Waals surface area (Å²) in [5.41, 5.74) is 0. The minimum Gasteiger partial charge on any atom is -0.492 e. The molecule has 2 heterocycles. The van der Waals surface area contributed by atoms with E-state index in [9.17, 15) is 0 Å². The highest BCUT2D eigenvalue weighted by molar-refractivity contribution is 5.20. The maximum atomic E-state index is 5.90. The number of hydrogen-bond donors (Lipinski definition) is 0. The second kappa shape index (κ2) is 6.89. The lowest BCUT2D eigenvalue weighted by Gasteiger charge is -2.35. The molecule has 0 spiro atoms. The van der Waals surface area contributed by atoms with Gasteiger partial charge in [-0.2, -0.15) is 0 Å². The van der Waals surface area contributed by atoms with E-state index in [0.29, 0.717) is 18.4 Å². The molecule has 0 N–H and O–H groups in total. The monoisotopic (exact) mass is 303 g/mol. The molecule has 0 amide bonds. The molecule has 0 unspecified atom stereocenters. The molecular weight excluding hydrogens is 282 g/mol. The summed E-state index contributed by atoms with van der Waals surface area (Å²) in [7, 11) is 0. The van der Waals surface area contributed by atoms with Crippen LogP contribution in [0.4, 0.5) is 0 Å². The Kier molecular flexibility index (Phi) is 4.70. The van der Waals surface area contributed by atoms with Crippen LogP contribution in [0.2, 0.25) is 0 Å². The molecule has 1 saturated heterocycles. The van der Waals surface area contributed by atoms with Gasteiger partial charge in [0.15, 0.2) is 0 Å². The highest BCUT2D eigenvalue weighted by Crippen LogP contribution is 2.24. The fraction of sp³-hybridized carbons (Fsp3) is 0.500. The molecule has 1 aliphatic rings. The van der Waals surface area contributed by atoms with Crippen molar-refractivity contribution in [1.29, 1.82) is 0 Å². The van der Waals surface area contributed by atoms with E-state index in [4.69, 9.17) is 13.9 Å².